The molecule has 26 heavy (non-hydrogen) atoms. The number of nitrogens with zero attached hydrogens (tertiary/aromatic N) is 1. The number of rotatable bonds is 16. The highest BCUT2D eigenvalue weighted by atomic mass is 28.4. The molecule has 0 heterocycles. The molecule has 0 bridgehead atoms. The molecule has 0 aliphatic heterocycles. The van der Waals surface area contributed by atoms with Crippen molar-refractivity contribution in [1.82, 2.24) is 4.90 Å². The van der Waals surface area contributed by atoms with Crippen LogP contribution in [0.1, 0.15) is 47.5 Å². The van der Waals surface area contributed by atoms with Gasteiger partial charge < -0.3 is 22.6 Å². The van der Waals surface area contributed by atoms with Crippen LogP contribution in [-0.4, -0.2) is 67.4 Å². The van der Waals surface area contributed by atoms with Crippen molar-refractivity contribution in [3.05, 3.63) is 0 Å². The summed E-state index contributed by atoms with van der Waals surface area (Å²) in [4.78, 5) is 13.9. The van der Waals surface area contributed by atoms with Crippen LogP contribution in [0.4, 0.5) is 0 Å². The highest BCUT2D eigenvalue weighted by Gasteiger charge is 2.31. The van der Waals surface area contributed by atoms with Crippen LogP contribution >= 0.6 is 0 Å². The van der Waals surface area contributed by atoms with Gasteiger partial charge in [-0.25, -0.2) is 0 Å². The maximum Gasteiger partial charge on any atom is 0.334 e. The fraction of sp³-hybridized carbons (Fsp3) is 0.944. The van der Waals surface area contributed by atoms with E-state index in [1.165, 1.54) is 0 Å². The van der Waals surface area contributed by atoms with Crippen molar-refractivity contribution in [2.45, 2.75) is 72.6 Å². The molecule has 6 nitrogen and oxygen atoms in total. The summed E-state index contributed by atoms with van der Waals surface area (Å²) in [5.74, 6) is 0.123. The highest BCUT2D eigenvalue weighted by molar-refractivity contribution is 6.66. The molecule has 0 saturated carbocycles. The van der Waals surface area contributed by atoms with E-state index in [2.05, 4.69) is 13.1 Å². The molecule has 0 radical (unpaired) electrons. The van der Waals surface area contributed by atoms with E-state index in [0.717, 1.165) is 38.0 Å². The zero-order valence-corrected chi connectivity index (χ0v) is 20.1. The molecule has 0 aromatic heterocycles. The fourth-order valence-corrected chi connectivity index (χ4v) is 7.99. The number of hydrogen-bond donors (Lipinski definition) is 0. The summed E-state index contributed by atoms with van der Waals surface area (Å²) in [5.41, 5.74) is 0. The van der Waals surface area contributed by atoms with Crippen LogP contribution in [0, 0.1) is 0 Å². The van der Waals surface area contributed by atoms with Gasteiger partial charge in [-0.05, 0) is 65.7 Å². The molecule has 156 valence electrons. The Labute approximate surface area is 163 Å². The van der Waals surface area contributed by atoms with Gasteiger partial charge in [-0.1, -0.05) is 0 Å². The number of carbonyl (C=O) groups excluding carboxylic acids is 1. The predicted octanol–water partition coefficient (Wildman–Crippen LogP) is 3.91. The first-order chi connectivity index (χ1) is 12.3. The molecule has 0 aromatic carbocycles. The van der Waals surface area contributed by atoms with Gasteiger partial charge in [0.2, 0.25) is 5.91 Å². The van der Waals surface area contributed by atoms with Crippen LogP contribution in [0.5, 0.6) is 0 Å². The van der Waals surface area contributed by atoms with E-state index in [1.807, 2.05) is 32.6 Å². The second-order valence-corrected chi connectivity index (χ2v) is 13.4. The van der Waals surface area contributed by atoms with E-state index < -0.39 is 17.1 Å². The zero-order valence-electron chi connectivity index (χ0n) is 18.1. The summed E-state index contributed by atoms with van der Waals surface area (Å²) in [7, 11) is -4.21. The maximum absolute atomic E-state index is 12.0. The minimum atomic E-state index is -2.10. The lowest BCUT2D eigenvalue weighted by Crippen LogP contribution is -2.41. The fourth-order valence-electron chi connectivity index (χ4n) is 3.20. The normalized spacial score (nSPS) is 12.4. The molecule has 1 amide bonds. The van der Waals surface area contributed by atoms with Crippen molar-refractivity contribution in [3.63, 3.8) is 0 Å². The third kappa shape index (κ3) is 10.8. The summed E-state index contributed by atoms with van der Waals surface area (Å²) in [6, 6.07) is 1.81. The zero-order chi connectivity index (χ0) is 20.1. The minimum absolute atomic E-state index is 0.123. The molecule has 0 N–H and O–H groups in total. The van der Waals surface area contributed by atoms with Crippen molar-refractivity contribution in [1.29, 1.82) is 0 Å². The van der Waals surface area contributed by atoms with Gasteiger partial charge in [0.1, 0.15) is 0 Å². The van der Waals surface area contributed by atoms with Gasteiger partial charge in [0.15, 0.2) is 0 Å². The first-order valence-electron chi connectivity index (χ1n) is 10.1. The van der Waals surface area contributed by atoms with E-state index >= 15 is 0 Å². The van der Waals surface area contributed by atoms with Crippen molar-refractivity contribution < 1.29 is 22.5 Å². The van der Waals surface area contributed by atoms with Crippen molar-refractivity contribution in [2.24, 2.45) is 0 Å². The molecule has 8 heteroatoms. The second kappa shape index (κ2) is 13.8. The van der Waals surface area contributed by atoms with Gasteiger partial charge in [0.25, 0.3) is 0 Å². The molecule has 0 atom stereocenters. The van der Waals surface area contributed by atoms with E-state index in [1.54, 1.807) is 6.92 Å². The Balaban J connectivity index is 4.46. The molecule has 0 aliphatic carbocycles. The highest BCUT2D eigenvalue weighted by Crippen LogP contribution is 2.18. The molecular formula is C18H41NO5Si2. The Morgan fingerprint density at radius 2 is 1.04 bits per heavy atom. The van der Waals surface area contributed by atoms with Gasteiger partial charge in [-0.2, -0.15) is 0 Å². The van der Waals surface area contributed by atoms with Gasteiger partial charge in [-0.15, -0.1) is 0 Å². The van der Waals surface area contributed by atoms with Gasteiger partial charge >= 0.3 is 17.1 Å². The minimum Gasteiger partial charge on any atom is -0.395 e. The third-order valence-corrected chi connectivity index (χ3v) is 10.5. The summed E-state index contributed by atoms with van der Waals surface area (Å²) >= 11 is 0. The van der Waals surface area contributed by atoms with Gasteiger partial charge in [-0.3, -0.25) is 4.79 Å². The largest absolute Gasteiger partial charge is 0.395 e. The molecule has 0 aromatic rings. The van der Waals surface area contributed by atoms with Crippen molar-refractivity contribution in [3.8, 4) is 0 Å². The Kier molecular flexibility index (Phi) is 13.7. The smallest absolute Gasteiger partial charge is 0.334 e. The van der Waals surface area contributed by atoms with Crippen LogP contribution in [-0.2, 0) is 22.5 Å². The number of amides is 1. The lowest BCUT2D eigenvalue weighted by Gasteiger charge is -2.29. The summed E-state index contributed by atoms with van der Waals surface area (Å²) in [6.07, 6.45) is 1.82. The molecule has 0 saturated heterocycles. The van der Waals surface area contributed by atoms with Gasteiger partial charge in [0, 0.05) is 46.4 Å². The molecule has 0 fully saturated rings. The number of carbonyl (C=O) groups is 1. The first kappa shape index (κ1) is 25.7. The second-order valence-electron chi connectivity index (χ2n) is 6.71. The molecule has 0 unspecified atom stereocenters. The monoisotopic (exact) mass is 407 g/mol. The quantitative estimate of drug-likeness (QED) is 0.363. The van der Waals surface area contributed by atoms with E-state index in [9.17, 15) is 4.79 Å². The third-order valence-electron chi connectivity index (χ3n) is 4.36. The predicted molar refractivity (Wildman–Crippen MR) is 111 cm³/mol. The van der Waals surface area contributed by atoms with E-state index in [-0.39, 0.29) is 5.91 Å². The van der Waals surface area contributed by atoms with Crippen LogP contribution in [0.2, 0.25) is 25.2 Å². The lowest BCUT2D eigenvalue weighted by atomic mass is 10.3. The van der Waals surface area contributed by atoms with Crippen molar-refractivity contribution >= 4 is 23.0 Å². The molecule has 0 rings (SSSR count). The average molecular weight is 408 g/mol. The van der Waals surface area contributed by atoms with E-state index in [4.69, 9.17) is 17.7 Å². The van der Waals surface area contributed by atoms with Crippen LogP contribution in [0.15, 0.2) is 0 Å². The van der Waals surface area contributed by atoms with E-state index in [0.29, 0.717) is 26.4 Å². The summed E-state index contributed by atoms with van der Waals surface area (Å²) in [6.45, 7) is 18.1. The number of hydrogen-bond acceptors (Lipinski definition) is 5. The lowest BCUT2D eigenvalue weighted by molar-refractivity contribution is -0.128. The van der Waals surface area contributed by atoms with Crippen LogP contribution in [0.25, 0.3) is 0 Å². The maximum atomic E-state index is 12.0. The molecular weight excluding hydrogens is 366 g/mol. The molecule has 0 aliphatic rings. The average Bonchev–Trinajstić information content (AvgIpc) is 2.54. The SMILES string of the molecule is CCO[Si](C)(CCCN(CCC[Si](C)(OCC)OCC)C(C)=O)OCC. The summed E-state index contributed by atoms with van der Waals surface area (Å²) < 4.78 is 23.5. The van der Waals surface area contributed by atoms with Crippen molar-refractivity contribution in [2.75, 3.05) is 39.5 Å². The summed E-state index contributed by atoms with van der Waals surface area (Å²) in [5, 5.41) is 0. The van der Waals surface area contributed by atoms with Gasteiger partial charge in [0.05, 0.1) is 0 Å². The molecule has 0 spiro atoms. The Morgan fingerprint density at radius 3 is 1.27 bits per heavy atom. The van der Waals surface area contributed by atoms with Crippen LogP contribution < -0.4 is 0 Å². The van der Waals surface area contributed by atoms with Crippen LogP contribution in [0.3, 0.4) is 0 Å². The Hall–Kier alpha value is -0.256. The topological polar surface area (TPSA) is 57.2 Å². The Morgan fingerprint density at radius 1 is 0.731 bits per heavy atom. The standard InChI is InChI=1S/C18H41NO5Si2/c1-8-21-25(6,22-9-2)16-12-14-19(18(5)20)15-13-17-26(7,23-10-3)24-11-4/h8-17H2,1-7H3. The first-order valence-corrected chi connectivity index (χ1v) is 15.1. The Bertz CT molecular complexity index is 345.